The van der Waals surface area contributed by atoms with Gasteiger partial charge in [-0.05, 0) is 35.4 Å². The van der Waals surface area contributed by atoms with Crippen molar-refractivity contribution in [2.75, 3.05) is 46.1 Å². The fourth-order valence-electron chi connectivity index (χ4n) is 3.06. The van der Waals surface area contributed by atoms with Gasteiger partial charge < -0.3 is 9.47 Å². The van der Waals surface area contributed by atoms with Gasteiger partial charge in [-0.15, -0.1) is 0 Å². The van der Waals surface area contributed by atoms with E-state index in [0.717, 1.165) is 55.5 Å². The third-order valence-corrected chi connectivity index (χ3v) is 4.72. The Morgan fingerprint density at radius 1 is 0.704 bits per heavy atom. The first-order valence-electron chi connectivity index (χ1n) is 9.42. The molecule has 0 saturated carbocycles. The van der Waals surface area contributed by atoms with Gasteiger partial charge in [-0.25, -0.2) is 0 Å². The summed E-state index contributed by atoms with van der Waals surface area (Å²) in [6.07, 6.45) is 3.67. The maximum Gasteiger partial charge on any atom is 0.119 e. The lowest BCUT2D eigenvalue weighted by Gasteiger charge is -2.18. The van der Waals surface area contributed by atoms with Crippen LogP contribution in [-0.2, 0) is 0 Å². The first-order chi connectivity index (χ1) is 13.3. The maximum absolute atomic E-state index is 5.83. The van der Waals surface area contributed by atoms with E-state index in [1.165, 1.54) is 0 Å². The smallest absolute Gasteiger partial charge is 0.119 e. The van der Waals surface area contributed by atoms with Gasteiger partial charge in [0.2, 0.25) is 0 Å². The highest BCUT2D eigenvalue weighted by Crippen LogP contribution is 2.14. The molecule has 0 amide bonds. The molecule has 1 heterocycles. The molecule has 142 valence electrons. The molecule has 0 spiro atoms. The predicted molar refractivity (Wildman–Crippen MR) is 112 cm³/mol. The van der Waals surface area contributed by atoms with Gasteiger partial charge in [0, 0.05) is 26.2 Å². The molecule has 1 aliphatic rings. The van der Waals surface area contributed by atoms with Gasteiger partial charge in [0.25, 0.3) is 0 Å². The molecule has 1 aliphatic heterocycles. The molecule has 0 aliphatic carbocycles. The molecular weight excluding hydrogens is 336 g/mol. The summed E-state index contributed by atoms with van der Waals surface area (Å²) >= 11 is 0. The lowest BCUT2D eigenvalue weighted by atomic mass is 10.2. The van der Waals surface area contributed by atoms with Crippen LogP contribution < -0.4 is 9.47 Å². The normalized spacial score (nSPS) is 14.8. The third-order valence-electron chi connectivity index (χ3n) is 4.72. The van der Waals surface area contributed by atoms with Crippen molar-refractivity contribution in [3.8, 4) is 11.5 Å². The molecule has 0 atom stereocenters. The van der Waals surface area contributed by atoms with Crippen molar-refractivity contribution in [1.29, 1.82) is 0 Å². The number of hydrogen-bond donors (Lipinski definition) is 0. The molecule has 1 fully saturated rings. The minimum atomic E-state index is 0.702. The monoisotopic (exact) mass is 364 g/mol. The first-order valence-corrected chi connectivity index (χ1v) is 9.42. The Balaban J connectivity index is 1.31. The Labute approximate surface area is 162 Å². The van der Waals surface area contributed by atoms with Crippen molar-refractivity contribution in [1.82, 2.24) is 9.80 Å². The van der Waals surface area contributed by atoms with Crippen LogP contribution in [-0.4, -0.2) is 55.9 Å². The Bertz CT molecular complexity index is 662. The Kier molecular flexibility index (Phi) is 7.08. The second-order valence-electron chi connectivity index (χ2n) is 6.62. The fraction of sp³-hybridized carbons (Fsp3) is 0.304. The van der Waals surface area contributed by atoms with Crippen LogP contribution in [0, 0.1) is 0 Å². The van der Waals surface area contributed by atoms with Crippen molar-refractivity contribution in [2.24, 2.45) is 0 Å². The summed E-state index contributed by atoms with van der Waals surface area (Å²) in [5, 5.41) is 0. The maximum atomic E-state index is 5.83. The molecule has 0 aromatic heterocycles. The first kappa shape index (κ1) is 19.2. The Morgan fingerprint density at radius 3 is 1.48 bits per heavy atom. The number of benzene rings is 2. The summed E-state index contributed by atoms with van der Waals surface area (Å²) in [5.74, 6) is 1.82. The highest BCUT2D eigenvalue weighted by Gasteiger charge is 2.19. The largest absolute Gasteiger partial charge is 0.492 e. The summed E-state index contributed by atoms with van der Waals surface area (Å²) in [7, 11) is 0. The van der Waals surface area contributed by atoms with E-state index in [4.69, 9.17) is 9.47 Å². The zero-order valence-electron chi connectivity index (χ0n) is 15.8. The Morgan fingerprint density at radius 2 is 1.11 bits per heavy atom. The van der Waals surface area contributed by atoms with E-state index < -0.39 is 0 Å². The highest BCUT2D eigenvalue weighted by atomic mass is 16.5. The van der Waals surface area contributed by atoms with E-state index in [1.807, 2.05) is 60.7 Å². The number of rotatable bonds is 10. The quantitative estimate of drug-likeness (QED) is 0.636. The average Bonchev–Trinajstić information content (AvgIpc) is 3.17. The summed E-state index contributed by atoms with van der Waals surface area (Å²) in [6, 6.07) is 16.0. The minimum absolute atomic E-state index is 0.702. The predicted octanol–water partition coefficient (Wildman–Crippen LogP) is 4.01. The number of hydrogen-bond acceptors (Lipinski definition) is 4. The van der Waals surface area contributed by atoms with Crippen LogP contribution in [0.4, 0.5) is 0 Å². The van der Waals surface area contributed by atoms with Crippen molar-refractivity contribution in [3.05, 3.63) is 72.8 Å². The van der Waals surface area contributed by atoms with E-state index in [2.05, 4.69) is 23.0 Å². The van der Waals surface area contributed by atoms with Gasteiger partial charge in [-0.2, -0.15) is 0 Å². The van der Waals surface area contributed by atoms with Crippen molar-refractivity contribution in [3.63, 3.8) is 0 Å². The van der Waals surface area contributed by atoms with Gasteiger partial charge in [0.05, 0.1) is 6.67 Å². The van der Waals surface area contributed by atoms with Crippen LogP contribution in [0.3, 0.4) is 0 Å². The van der Waals surface area contributed by atoms with Gasteiger partial charge in [-0.3, -0.25) is 9.80 Å². The molecule has 27 heavy (non-hydrogen) atoms. The topological polar surface area (TPSA) is 24.9 Å². The molecule has 2 aromatic carbocycles. The van der Waals surface area contributed by atoms with Crippen LogP contribution >= 0.6 is 0 Å². The van der Waals surface area contributed by atoms with E-state index in [-0.39, 0.29) is 0 Å². The molecule has 0 bridgehead atoms. The van der Waals surface area contributed by atoms with Gasteiger partial charge in [-0.1, -0.05) is 49.6 Å². The fourth-order valence-corrected chi connectivity index (χ4v) is 3.06. The lowest BCUT2D eigenvalue weighted by Crippen LogP contribution is -2.31. The van der Waals surface area contributed by atoms with E-state index in [9.17, 15) is 0 Å². The highest BCUT2D eigenvalue weighted by molar-refractivity contribution is 5.48. The van der Waals surface area contributed by atoms with Crippen molar-refractivity contribution >= 4 is 12.2 Å². The second-order valence-corrected chi connectivity index (χ2v) is 6.62. The lowest BCUT2D eigenvalue weighted by molar-refractivity contribution is 0.184. The van der Waals surface area contributed by atoms with Crippen LogP contribution in [0.15, 0.2) is 61.7 Å². The molecule has 4 heteroatoms. The summed E-state index contributed by atoms with van der Waals surface area (Å²) in [5.41, 5.74) is 2.22. The van der Waals surface area contributed by atoms with E-state index in [0.29, 0.717) is 13.2 Å². The zero-order chi connectivity index (χ0) is 18.9. The molecule has 0 N–H and O–H groups in total. The molecular formula is C23H28N2O2. The van der Waals surface area contributed by atoms with E-state index in [1.54, 1.807) is 0 Å². The molecule has 0 radical (unpaired) electrons. The molecule has 1 saturated heterocycles. The molecule has 2 aromatic rings. The molecule has 0 unspecified atom stereocenters. The minimum Gasteiger partial charge on any atom is -0.492 e. The average molecular weight is 364 g/mol. The Hall–Kier alpha value is -2.56. The van der Waals surface area contributed by atoms with Gasteiger partial charge in [0.1, 0.15) is 24.7 Å². The van der Waals surface area contributed by atoms with E-state index >= 15 is 0 Å². The third kappa shape index (κ3) is 5.98. The standard InChI is InChI=1S/C23H28N2O2/c1-3-20-5-9-22(10-6-20)26-17-15-24-13-14-25(19-24)16-18-27-23-11-7-21(4-2)8-12-23/h3-12H,1-2,13-19H2. The number of ether oxygens (including phenoxy) is 2. The van der Waals surface area contributed by atoms with Crippen LogP contribution in [0.2, 0.25) is 0 Å². The van der Waals surface area contributed by atoms with Crippen LogP contribution in [0.1, 0.15) is 11.1 Å². The van der Waals surface area contributed by atoms with Gasteiger partial charge in [0.15, 0.2) is 0 Å². The SMILES string of the molecule is C=Cc1ccc(OCCN2CCN(CCOc3ccc(C=C)cc3)C2)cc1. The summed E-state index contributed by atoms with van der Waals surface area (Å²) < 4.78 is 11.7. The number of nitrogens with zero attached hydrogens (tertiary/aromatic N) is 2. The summed E-state index contributed by atoms with van der Waals surface area (Å²) in [6.45, 7) is 13.9. The van der Waals surface area contributed by atoms with Crippen LogP contribution in [0.25, 0.3) is 12.2 Å². The van der Waals surface area contributed by atoms with Crippen molar-refractivity contribution < 1.29 is 9.47 Å². The zero-order valence-corrected chi connectivity index (χ0v) is 15.8. The summed E-state index contributed by atoms with van der Waals surface area (Å²) in [4.78, 5) is 4.83. The van der Waals surface area contributed by atoms with Crippen molar-refractivity contribution in [2.45, 2.75) is 0 Å². The molecule has 4 nitrogen and oxygen atoms in total. The molecule has 3 rings (SSSR count). The van der Waals surface area contributed by atoms with Crippen LogP contribution in [0.5, 0.6) is 11.5 Å². The van der Waals surface area contributed by atoms with Gasteiger partial charge >= 0.3 is 0 Å². The second kappa shape index (κ2) is 9.95.